The topological polar surface area (TPSA) is 62.1 Å². The average molecular weight is 460 g/mol. The van der Waals surface area contributed by atoms with E-state index in [1.165, 1.54) is 11.3 Å². The van der Waals surface area contributed by atoms with Gasteiger partial charge in [-0.05, 0) is 54.4 Å². The van der Waals surface area contributed by atoms with Crippen LogP contribution in [0.3, 0.4) is 0 Å². The van der Waals surface area contributed by atoms with Gasteiger partial charge in [0.05, 0.1) is 38.4 Å². The number of pyridine rings is 1. The molecule has 2 bridgehead atoms. The zero-order valence-electron chi connectivity index (χ0n) is 19.7. The van der Waals surface area contributed by atoms with Crippen LogP contribution in [-0.2, 0) is 4.74 Å². The molecule has 0 amide bonds. The summed E-state index contributed by atoms with van der Waals surface area (Å²) in [5.74, 6) is 2.22. The Balaban J connectivity index is 1.54. The van der Waals surface area contributed by atoms with E-state index in [-0.39, 0.29) is 12.0 Å². The van der Waals surface area contributed by atoms with Gasteiger partial charge in [0.25, 0.3) is 0 Å². The molecule has 6 rings (SSSR count). The maximum absolute atomic E-state index is 13.3. The Morgan fingerprint density at radius 3 is 2.56 bits per heavy atom. The largest absolute Gasteiger partial charge is 0.497 e. The van der Waals surface area contributed by atoms with E-state index in [0.717, 1.165) is 41.7 Å². The number of methoxy groups -OCH3 is 2. The second-order valence-corrected chi connectivity index (χ2v) is 9.24. The summed E-state index contributed by atoms with van der Waals surface area (Å²) in [6.07, 6.45) is 5.70. The molecule has 0 aliphatic carbocycles. The lowest BCUT2D eigenvalue weighted by Crippen LogP contribution is -3.20. The van der Waals surface area contributed by atoms with Crippen molar-refractivity contribution >= 4 is 16.9 Å². The first-order valence-corrected chi connectivity index (χ1v) is 11.9. The zero-order valence-corrected chi connectivity index (χ0v) is 19.7. The van der Waals surface area contributed by atoms with Crippen LogP contribution in [0.5, 0.6) is 11.5 Å². The number of hydrogen-bond donors (Lipinski definition) is 1. The van der Waals surface area contributed by atoms with Crippen molar-refractivity contribution < 1.29 is 23.9 Å². The molecule has 5 atom stereocenters. The summed E-state index contributed by atoms with van der Waals surface area (Å²) in [7, 11) is 3.27. The minimum Gasteiger partial charge on any atom is -0.497 e. The third kappa shape index (κ3) is 4.14. The molecule has 1 aromatic heterocycles. The Labute approximate surface area is 200 Å². The lowest BCUT2D eigenvalue weighted by Gasteiger charge is -2.48. The molecule has 176 valence electrons. The van der Waals surface area contributed by atoms with Crippen LogP contribution >= 0.6 is 0 Å². The highest BCUT2D eigenvalue weighted by Gasteiger charge is 2.47. The number of benzene rings is 2. The van der Waals surface area contributed by atoms with E-state index in [4.69, 9.17) is 14.2 Å². The van der Waals surface area contributed by atoms with Gasteiger partial charge in [0.1, 0.15) is 17.5 Å². The first-order chi connectivity index (χ1) is 16.6. The SMILES string of the molecule is C=C[C@H]1C[NH+]2CC[C@H]1C[C@H]2[C@H](OC(=O)c1ccc(OC)cc1)c1ccnc2ccc(OC)cc12. The predicted octanol–water partition coefficient (Wildman–Crippen LogP) is 3.63. The van der Waals surface area contributed by atoms with Crippen LogP contribution in [-0.4, -0.2) is 44.3 Å². The Morgan fingerprint density at radius 1 is 1.12 bits per heavy atom. The van der Waals surface area contributed by atoms with Crippen LogP contribution in [0.1, 0.15) is 34.9 Å². The van der Waals surface area contributed by atoms with Crippen LogP contribution < -0.4 is 14.4 Å². The van der Waals surface area contributed by atoms with Gasteiger partial charge < -0.3 is 19.1 Å². The molecular weight excluding hydrogens is 428 g/mol. The summed E-state index contributed by atoms with van der Waals surface area (Å²) in [6, 6.07) is 15.1. The van der Waals surface area contributed by atoms with Crippen LogP contribution in [0.25, 0.3) is 10.9 Å². The number of quaternary nitrogens is 1. The Kier molecular flexibility index (Phi) is 6.24. The summed E-state index contributed by atoms with van der Waals surface area (Å²) in [6.45, 7) is 6.18. The highest BCUT2D eigenvalue weighted by Crippen LogP contribution is 2.37. The van der Waals surface area contributed by atoms with Crippen molar-refractivity contribution in [1.29, 1.82) is 0 Å². The van der Waals surface area contributed by atoms with Gasteiger partial charge in [0.15, 0.2) is 6.10 Å². The molecule has 0 radical (unpaired) electrons. The second-order valence-electron chi connectivity index (χ2n) is 9.24. The van der Waals surface area contributed by atoms with E-state index in [9.17, 15) is 4.79 Å². The monoisotopic (exact) mass is 459 g/mol. The second kappa shape index (κ2) is 9.47. The van der Waals surface area contributed by atoms with Crippen LogP contribution in [0.4, 0.5) is 0 Å². The lowest BCUT2D eigenvalue weighted by atomic mass is 9.73. The number of hydrogen-bond acceptors (Lipinski definition) is 5. The third-order valence-electron chi connectivity index (χ3n) is 7.54. The number of piperidine rings is 3. The fraction of sp³-hybridized carbons (Fsp3) is 0.357. The van der Waals surface area contributed by atoms with E-state index < -0.39 is 6.10 Å². The molecule has 6 heteroatoms. The number of aromatic nitrogens is 1. The summed E-state index contributed by atoms with van der Waals surface area (Å²) >= 11 is 0. The van der Waals surface area contributed by atoms with Gasteiger partial charge in [-0.15, -0.1) is 6.58 Å². The minimum atomic E-state index is -0.393. The van der Waals surface area contributed by atoms with Crippen molar-refractivity contribution in [3.63, 3.8) is 0 Å². The molecule has 2 aromatic carbocycles. The standard InChI is InChI=1S/C28H30N2O4/c1-4-18-17-30-14-12-20(18)15-26(30)27(34-28(31)19-5-7-21(32-2)8-6-19)23-11-13-29-25-10-9-22(33-3)16-24(23)25/h4-11,13,16,18,20,26-27H,1,12,14-15,17H2,2-3H3/p+1/t18-,20-,26-,27+/m0/s1. The van der Waals surface area contributed by atoms with Crippen molar-refractivity contribution in [2.75, 3.05) is 27.3 Å². The van der Waals surface area contributed by atoms with Gasteiger partial charge in [0, 0.05) is 35.9 Å². The first-order valence-electron chi connectivity index (χ1n) is 11.9. The van der Waals surface area contributed by atoms with Crippen molar-refractivity contribution in [1.82, 2.24) is 4.98 Å². The molecule has 0 saturated carbocycles. The molecule has 4 heterocycles. The first kappa shape index (κ1) is 22.4. The average Bonchev–Trinajstić information content (AvgIpc) is 2.91. The summed E-state index contributed by atoms with van der Waals surface area (Å²) in [5, 5.41) is 0.955. The third-order valence-corrected chi connectivity index (χ3v) is 7.54. The number of fused-ring (bicyclic) bond motifs is 4. The Morgan fingerprint density at radius 2 is 1.88 bits per heavy atom. The fourth-order valence-electron chi connectivity index (χ4n) is 5.69. The van der Waals surface area contributed by atoms with Crippen molar-refractivity contribution in [3.05, 3.63) is 78.5 Å². The molecule has 3 saturated heterocycles. The smallest absolute Gasteiger partial charge is 0.338 e. The number of nitrogens with one attached hydrogen (secondary N) is 1. The molecular formula is C28H31N2O4+. The zero-order chi connectivity index (χ0) is 23.7. The van der Waals surface area contributed by atoms with Crippen molar-refractivity contribution in [2.45, 2.75) is 25.0 Å². The Hall–Kier alpha value is -3.38. The maximum Gasteiger partial charge on any atom is 0.338 e. The molecule has 6 nitrogen and oxygen atoms in total. The molecule has 3 fully saturated rings. The number of carbonyl (C=O) groups is 1. The maximum atomic E-state index is 13.3. The van der Waals surface area contributed by atoms with E-state index in [2.05, 4.69) is 17.6 Å². The van der Waals surface area contributed by atoms with Gasteiger partial charge in [-0.2, -0.15) is 0 Å². The summed E-state index contributed by atoms with van der Waals surface area (Å²) in [4.78, 5) is 19.4. The molecule has 1 unspecified atom stereocenters. The quantitative estimate of drug-likeness (QED) is 0.432. The Bertz CT molecular complexity index is 1190. The van der Waals surface area contributed by atoms with E-state index in [1.54, 1.807) is 44.7 Å². The van der Waals surface area contributed by atoms with Crippen LogP contribution in [0, 0.1) is 11.8 Å². The van der Waals surface area contributed by atoms with E-state index in [1.807, 2.05) is 24.3 Å². The van der Waals surface area contributed by atoms with Gasteiger partial charge >= 0.3 is 5.97 Å². The van der Waals surface area contributed by atoms with Crippen molar-refractivity contribution in [2.24, 2.45) is 11.8 Å². The van der Waals surface area contributed by atoms with Crippen LogP contribution in [0.15, 0.2) is 67.4 Å². The predicted molar refractivity (Wildman–Crippen MR) is 130 cm³/mol. The molecule has 3 aromatic rings. The highest BCUT2D eigenvalue weighted by atomic mass is 16.5. The molecule has 1 N–H and O–H groups in total. The number of ether oxygens (including phenoxy) is 3. The number of carbonyl (C=O) groups excluding carboxylic acids is 1. The number of esters is 1. The lowest BCUT2D eigenvalue weighted by molar-refractivity contribution is -0.949. The summed E-state index contributed by atoms with van der Waals surface area (Å²) in [5.41, 5.74) is 2.35. The van der Waals surface area contributed by atoms with Gasteiger partial charge in [-0.1, -0.05) is 6.08 Å². The van der Waals surface area contributed by atoms with Gasteiger partial charge in [-0.25, -0.2) is 4.79 Å². The highest BCUT2D eigenvalue weighted by molar-refractivity contribution is 5.90. The minimum absolute atomic E-state index is 0.175. The van der Waals surface area contributed by atoms with Crippen LogP contribution in [0.2, 0.25) is 0 Å². The molecule has 0 spiro atoms. The van der Waals surface area contributed by atoms with Crippen molar-refractivity contribution in [3.8, 4) is 11.5 Å². The number of nitrogens with zero attached hydrogens (tertiary/aromatic N) is 1. The molecule has 3 aliphatic heterocycles. The number of rotatable bonds is 7. The van der Waals surface area contributed by atoms with Gasteiger partial charge in [0.2, 0.25) is 0 Å². The fourth-order valence-corrected chi connectivity index (χ4v) is 5.69. The summed E-state index contributed by atoms with van der Waals surface area (Å²) < 4.78 is 17.1. The molecule has 3 aliphatic rings. The van der Waals surface area contributed by atoms with Gasteiger partial charge in [-0.3, -0.25) is 4.98 Å². The van der Waals surface area contributed by atoms with E-state index in [0.29, 0.717) is 23.1 Å². The van der Waals surface area contributed by atoms with E-state index >= 15 is 0 Å². The molecule has 34 heavy (non-hydrogen) atoms. The normalized spacial score (nSPS) is 24.4.